The number of benzene rings is 1. The zero-order valence-corrected chi connectivity index (χ0v) is 10.8. The van der Waals surface area contributed by atoms with Crippen LogP contribution in [0.25, 0.3) is 11.1 Å². The van der Waals surface area contributed by atoms with Gasteiger partial charge in [-0.3, -0.25) is 4.79 Å². The van der Waals surface area contributed by atoms with E-state index in [0.717, 1.165) is 5.52 Å². The first-order chi connectivity index (χ1) is 8.83. The van der Waals surface area contributed by atoms with E-state index < -0.39 is 0 Å². The third-order valence-corrected chi connectivity index (χ3v) is 2.50. The molecule has 3 rings (SSSR count). The summed E-state index contributed by atoms with van der Waals surface area (Å²) >= 11 is 0. The topological polar surface area (TPSA) is 68.0 Å². The fourth-order valence-corrected chi connectivity index (χ4v) is 1.62. The van der Waals surface area contributed by atoms with Crippen LogP contribution in [0.2, 0.25) is 0 Å². The zero-order chi connectivity index (χ0) is 12.4. The van der Waals surface area contributed by atoms with Crippen molar-refractivity contribution in [3.63, 3.8) is 0 Å². The standard InChI is InChI=1S/C13H9N3O2.Fe/c17-13(16-12-3-1-2-6-14-12)9-4-5-10-11(7-9)18-8-15-10;/h1-8H,(H,14,16,17);. The van der Waals surface area contributed by atoms with E-state index in [1.54, 1.807) is 36.5 Å². The van der Waals surface area contributed by atoms with Crippen molar-refractivity contribution >= 4 is 22.8 Å². The van der Waals surface area contributed by atoms with Crippen LogP contribution < -0.4 is 5.32 Å². The molecule has 0 aliphatic heterocycles. The summed E-state index contributed by atoms with van der Waals surface area (Å²) in [6.07, 6.45) is 2.97. The smallest absolute Gasteiger partial charge is 0.256 e. The van der Waals surface area contributed by atoms with Crippen molar-refractivity contribution in [2.45, 2.75) is 0 Å². The van der Waals surface area contributed by atoms with Gasteiger partial charge in [0.2, 0.25) is 0 Å². The summed E-state index contributed by atoms with van der Waals surface area (Å²) < 4.78 is 5.15. The number of anilines is 1. The second-order valence-corrected chi connectivity index (χ2v) is 3.70. The number of hydrogen-bond donors (Lipinski definition) is 1. The number of rotatable bonds is 2. The van der Waals surface area contributed by atoms with Gasteiger partial charge in [0.1, 0.15) is 11.3 Å². The van der Waals surface area contributed by atoms with Crippen LogP contribution in [-0.4, -0.2) is 15.9 Å². The Morgan fingerprint density at radius 1 is 1.16 bits per heavy atom. The number of oxazole rings is 1. The van der Waals surface area contributed by atoms with Crippen molar-refractivity contribution in [2.75, 3.05) is 5.32 Å². The number of nitrogens with one attached hydrogen (secondary N) is 1. The zero-order valence-electron chi connectivity index (χ0n) is 9.68. The summed E-state index contributed by atoms with van der Waals surface area (Å²) in [6.45, 7) is 0. The quantitative estimate of drug-likeness (QED) is 0.737. The maximum Gasteiger partial charge on any atom is 0.256 e. The Labute approximate surface area is 119 Å². The molecule has 0 atom stereocenters. The molecule has 1 N–H and O–H groups in total. The van der Waals surface area contributed by atoms with E-state index in [-0.39, 0.29) is 23.0 Å². The van der Waals surface area contributed by atoms with Crippen molar-refractivity contribution in [3.05, 3.63) is 54.6 Å². The van der Waals surface area contributed by atoms with Crippen molar-refractivity contribution in [1.29, 1.82) is 0 Å². The van der Waals surface area contributed by atoms with E-state index in [4.69, 9.17) is 4.42 Å². The molecule has 19 heavy (non-hydrogen) atoms. The fraction of sp³-hybridized carbons (Fsp3) is 0. The average Bonchev–Trinajstić information content (AvgIpc) is 2.87. The number of nitrogens with zero attached hydrogens (tertiary/aromatic N) is 2. The third-order valence-electron chi connectivity index (χ3n) is 2.50. The molecule has 0 aliphatic carbocycles. The van der Waals surface area contributed by atoms with E-state index >= 15 is 0 Å². The summed E-state index contributed by atoms with van der Waals surface area (Å²) in [5, 5.41) is 2.70. The molecule has 0 radical (unpaired) electrons. The molecule has 0 fully saturated rings. The normalized spacial score (nSPS) is 9.89. The minimum Gasteiger partial charge on any atom is -0.443 e. The van der Waals surface area contributed by atoms with Crippen molar-refractivity contribution in [3.8, 4) is 0 Å². The molecule has 2 heterocycles. The van der Waals surface area contributed by atoms with E-state index in [9.17, 15) is 4.79 Å². The first-order valence-electron chi connectivity index (χ1n) is 5.38. The number of carbonyl (C=O) groups is 1. The minimum atomic E-state index is -0.230. The molecular formula is C13H9FeN3O2. The summed E-state index contributed by atoms with van der Waals surface area (Å²) in [6, 6.07) is 10.4. The van der Waals surface area contributed by atoms with Gasteiger partial charge in [0.25, 0.3) is 5.91 Å². The monoisotopic (exact) mass is 295 g/mol. The van der Waals surface area contributed by atoms with Crippen LogP contribution in [0.4, 0.5) is 5.82 Å². The second kappa shape index (κ2) is 5.65. The Balaban J connectivity index is 0.00000133. The molecule has 2 aromatic heterocycles. The largest absolute Gasteiger partial charge is 0.443 e. The molecule has 6 heteroatoms. The first kappa shape index (κ1) is 13.3. The van der Waals surface area contributed by atoms with Gasteiger partial charge in [-0.25, -0.2) is 9.97 Å². The first-order valence-corrected chi connectivity index (χ1v) is 5.38. The maximum atomic E-state index is 12.0. The van der Waals surface area contributed by atoms with Crippen LogP contribution in [-0.2, 0) is 17.1 Å². The van der Waals surface area contributed by atoms with Crippen LogP contribution in [0.1, 0.15) is 10.4 Å². The molecule has 3 aromatic rings. The van der Waals surface area contributed by atoms with Crippen LogP contribution in [0.5, 0.6) is 0 Å². The summed E-state index contributed by atoms with van der Waals surface area (Å²) in [7, 11) is 0. The predicted octanol–water partition coefficient (Wildman–Crippen LogP) is 2.47. The number of pyridine rings is 1. The molecule has 96 valence electrons. The minimum absolute atomic E-state index is 0. The molecule has 1 amide bonds. The summed E-state index contributed by atoms with van der Waals surface area (Å²) in [4.78, 5) is 20.0. The average molecular weight is 295 g/mol. The van der Waals surface area contributed by atoms with E-state index in [0.29, 0.717) is 17.0 Å². The SMILES string of the molecule is O=C(Nc1ccccn1)c1ccc2ncoc2c1.[Fe]. The Morgan fingerprint density at radius 2 is 2.05 bits per heavy atom. The molecule has 0 spiro atoms. The Bertz CT molecular complexity index is 697. The predicted molar refractivity (Wildman–Crippen MR) is 66.2 cm³/mol. The van der Waals surface area contributed by atoms with Gasteiger partial charge < -0.3 is 9.73 Å². The molecule has 0 saturated heterocycles. The number of fused-ring (bicyclic) bond motifs is 1. The number of carbonyl (C=O) groups excluding carboxylic acids is 1. The van der Waals surface area contributed by atoms with Gasteiger partial charge in [-0.2, -0.15) is 0 Å². The van der Waals surface area contributed by atoms with Gasteiger partial charge in [-0.05, 0) is 30.3 Å². The van der Waals surface area contributed by atoms with Crippen LogP contribution in [0.15, 0.2) is 53.4 Å². The van der Waals surface area contributed by atoms with Gasteiger partial charge in [0.05, 0.1) is 0 Å². The molecule has 0 unspecified atom stereocenters. The van der Waals surface area contributed by atoms with E-state index in [2.05, 4.69) is 15.3 Å². The Kier molecular flexibility index (Phi) is 3.94. The van der Waals surface area contributed by atoms with Crippen molar-refractivity contribution < 1.29 is 26.3 Å². The fourth-order valence-electron chi connectivity index (χ4n) is 1.62. The molecular weight excluding hydrogens is 286 g/mol. The van der Waals surface area contributed by atoms with Gasteiger partial charge in [0, 0.05) is 28.8 Å². The maximum absolute atomic E-state index is 12.0. The molecule has 0 saturated carbocycles. The second-order valence-electron chi connectivity index (χ2n) is 3.70. The van der Waals surface area contributed by atoms with Crippen LogP contribution in [0, 0.1) is 0 Å². The Hall–Kier alpha value is -2.17. The van der Waals surface area contributed by atoms with Crippen LogP contribution >= 0.6 is 0 Å². The van der Waals surface area contributed by atoms with Crippen molar-refractivity contribution in [2.24, 2.45) is 0 Å². The van der Waals surface area contributed by atoms with Gasteiger partial charge in [-0.1, -0.05) is 6.07 Å². The number of aromatic nitrogens is 2. The van der Waals surface area contributed by atoms with E-state index in [1.807, 2.05) is 6.07 Å². The number of amides is 1. The third kappa shape index (κ3) is 2.81. The summed E-state index contributed by atoms with van der Waals surface area (Å²) in [5.41, 5.74) is 1.82. The molecule has 0 aliphatic rings. The van der Waals surface area contributed by atoms with Crippen molar-refractivity contribution in [1.82, 2.24) is 9.97 Å². The van der Waals surface area contributed by atoms with Crippen LogP contribution in [0.3, 0.4) is 0 Å². The molecule has 5 nitrogen and oxygen atoms in total. The van der Waals surface area contributed by atoms with Gasteiger partial charge in [-0.15, -0.1) is 0 Å². The van der Waals surface area contributed by atoms with Gasteiger partial charge in [0.15, 0.2) is 12.0 Å². The molecule has 1 aromatic carbocycles. The van der Waals surface area contributed by atoms with Gasteiger partial charge >= 0.3 is 0 Å². The van der Waals surface area contributed by atoms with E-state index in [1.165, 1.54) is 6.39 Å². The Morgan fingerprint density at radius 3 is 2.84 bits per heavy atom. The number of hydrogen-bond acceptors (Lipinski definition) is 4. The molecule has 0 bridgehead atoms. The summed E-state index contributed by atoms with van der Waals surface area (Å²) in [5.74, 6) is 0.284.